The van der Waals surface area contributed by atoms with Crippen LogP contribution in [0.4, 0.5) is 0 Å². The fourth-order valence-corrected chi connectivity index (χ4v) is 7.28. The third-order valence-corrected chi connectivity index (χ3v) is 9.52. The van der Waals surface area contributed by atoms with Gasteiger partial charge in [-0.15, -0.1) is 0 Å². The summed E-state index contributed by atoms with van der Waals surface area (Å²) in [7, 11) is -1.30. The van der Waals surface area contributed by atoms with Crippen LogP contribution in [0.1, 0.15) is 43.2 Å². The topological polar surface area (TPSA) is 94.5 Å². The van der Waals surface area contributed by atoms with E-state index < -0.39 is 24.9 Å². The highest BCUT2D eigenvalue weighted by Crippen LogP contribution is 2.66. The molecule has 1 aromatic rings. The number of ketones is 1. The first kappa shape index (κ1) is 20.2. The van der Waals surface area contributed by atoms with Crippen molar-refractivity contribution in [2.24, 2.45) is 5.92 Å². The third kappa shape index (κ3) is 2.57. The Kier molecular flexibility index (Phi) is 4.26. The summed E-state index contributed by atoms with van der Waals surface area (Å²) in [6.07, 6.45) is 3.86. The molecular weight excluding hydrogens is 421 g/mol. The van der Waals surface area contributed by atoms with Gasteiger partial charge in [0.15, 0.2) is 23.4 Å². The van der Waals surface area contributed by atoms with Crippen LogP contribution in [-0.2, 0) is 30.2 Å². The summed E-state index contributed by atoms with van der Waals surface area (Å²) < 4.78 is 34.4. The molecule has 3 aliphatic carbocycles. The fraction of sp³-hybridized carbons (Fsp3) is 0.682. The maximum atomic E-state index is 13.0. The van der Waals surface area contributed by atoms with Gasteiger partial charge in [-0.3, -0.25) is 18.7 Å². The molecule has 2 bridgehead atoms. The molecule has 1 saturated heterocycles. The van der Waals surface area contributed by atoms with Crippen LogP contribution in [0.3, 0.4) is 0 Å². The average Bonchev–Trinajstić information content (AvgIpc) is 3.50. The Bertz CT molecular complexity index is 1000. The van der Waals surface area contributed by atoms with Gasteiger partial charge in [-0.05, 0) is 56.2 Å². The Balaban J connectivity index is 1.50. The summed E-state index contributed by atoms with van der Waals surface area (Å²) in [5.41, 5.74) is 0.0902. The van der Waals surface area contributed by atoms with Crippen LogP contribution < -0.4 is 9.26 Å². The predicted molar refractivity (Wildman–Crippen MR) is 110 cm³/mol. The van der Waals surface area contributed by atoms with Gasteiger partial charge >= 0.3 is 7.82 Å². The molecule has 0 radical (unpaired) electrons. The summed E-state index contributed by atoms with van der Waals surface area (Å²) in [4.78, 5) is 15.5. The monoisotopic (exact) mass is 449 g/mol. The highest BCUT2D eigenvalue weighted by molar-refractivity contribution is 7.48. The summed E-state index contributed by atoms with van der Waals surface area (Å²) >= 11 is 0. The molecule has 0 unspecified atom stereocenters. The van der Waals surface area contributed by atoms with E-state index in [1.165, 1.54) is 27.1 Å². The third-order valence-electron chi connectivity index (χ3n) is 8.20. The van der Waals surface area contributed by atoms with E-state index in [9.17, 15) is 14.5 Å². The van der Waals surface area contributed by atoms with Crippen molar-refractivity contribution in [1.29, 1.82) is 0 Å². The maximum Gasteiger partial charge on any atom is 0.529 e. The highest BCUT2D eigenvalue weighted by atomic mass is 31.2. The van der Waals surface area contributed by atoms with Crippen LogP contribution in [0.5, 0.6) is 11.5 Å². The minimum Gasteiger partial charge on any atom is -0.477 e. The van der Waals surface area contributed by atoms with E-state index in [1.54, 1.807) is 6.07 Å². The quantitative estimate of drug-likeness (QED) is 0.663. The summed E-state index contributed by atoms with van der Waals surface area (Å²) in [6, 6.07) is 3.63. The average molecular weight is 449 g/mol. The van der Waals surface area contributed by atoms with Gasteiger partial charge in [0.2, 0.25) is 0 Å². The van der Waals surface area contributed by atoms with Gasteiger partial charge in [-0.1, -0.05) is 6.07 Å². The predicted octanol–water partition coefficient (Wildman–Crippen LogP) is 2.60. The van der Waals surface area contributed by atoms with Gasteiger partial charge in [0, 0.05) is 38.8 Å². The molecule has 0 amide bonds. The van der Waals surface area contributed by atoms with Gasteiger partial charge in [0.25, 0.3) is 0 Å². The van der Waals surface area contributed by atoms with Crippen LogP contribution in [0, 0.1) is 5.92 Å². The molecule has 3 fully saturated rings. The van der Waals surface area contributed by atoms with Gasteiger partial charge < -0.3 is 14.4 Å². The lowest BCUT2D eigenvalue weighted by atomic mass is 9.49. The molecule has 0 aromatic heterocycles. The molecule has 8 nitrogen and oxygen atoms in total. The van der Waals surface area contributed by atoms with E-state index in [0.717, 1.165) is 30.1 Å². The number of carbonyl (C=O) groups excluding carboxylic acids is 1. The second kappa shape index (κ2) is 6.55. The first-order chi connectivity index (χ1) is 14.8. The largest absolute Gasteiger partial charge is 0.529 e. The summed E-state index contributed by atoms with van der Waals surface area (Å²) in [6.45, 7) is 1.84. The van der Waals surface area contributed by atoms with Crippen molar-refractivity contribution in [3.05, 3.63) is 23.3 Å². The molecule has 1 spiro atoms. The molecular formula is C22H28NO7P. The minimum atomic E-state index is -3.80. The Labute approximate surface area is 181 Å². The number of hydrogen-bond donors (Lipinski definition) is 1. The van der Waals surface area contributed by atoms with E-state index in [1.807, 2.05) is 6.07 Å². The van der Waals surface area contributed by atoms with E-state index in [4.69, 9.17) is 18.3 Å². The zero-order valence-corrected chi connectivity index (χ0v) is 18.7. The van der Waals surface area contributed by atoms with Crippen molar-refractivity contribution >= 4 is 13.6 Å². The van der Waals surface area contributed by atoms with Crippen LogP contribution in [0.25, 0.3) is 0 Å². The second-order valence-electron chi connectivity index (χ2n) is 9.60. The van der Waals surface area contributed by atoms with Crippen LogP contribution in [-0.4, -0.2) is 60.8 Å². The number of carbonyl (C=O) groups is 1. The zero-order chi connectivity index (χ0) is 21.6. The first-order valence-corrected chi connectivity index (χ1v) is 12.5. The van der Waals surface area contributed by atoms with Gasteiger partial charge in [-0.25, -0.2) is 4.57 Å². The number of Topliss-reactive ketones (excluding diaryl/α,β-unsaturated/α-hetero) is 1. The zero-order valence-electron chi connectivity index (χ0n) is 17.8. The number of ether oxygens (including phenoxy) is 1. The van der Waals surface area contributed by atoms with E-state index in [-0.39, 0.29) is 17.6 Å². The smallest absolute Gasteiger partial charge is 0.477 e. The number of nitrogens with zero attached hydrogens (tertiary/aromatic N) is 1. The van der Waals surface area contributed by atoms with Crippen LogP contribution in [0.2, 0.25) is 0 Å². The van der Waals surface area contributed by atoms with Gasteiger partial charge in [0.05, 0.1) is 11.0 Å². The van der Waals surface area contributed by atoms with Crippen LogP contribution >= 0.6 is 7.82 Å². The number of likely N-dealkylation sites (tertiary alicyclic amines) is 1. The Morgan fingerprint density at radius 2 is 2.03 bits per heavy atom. The molecule has 9 heteroatoms. The van der Waals surface area contributed by atoms with Crippen molar-refractivity contribution in [3.8, 4) is 11.5 Å². The standard InChI is InChI=1S/C22H28NO7P/c1-27-31(26,28-2)30-16-6-5-14-11-17-22(25)8-7-15(24)20-21(22,18(14)19(16)29-20)9-10-23(17)12-13-3-4-13/h5-6,13,17,20,25H,3-4,7-12H2,1-2H3/t17-,20+,21+,22-/m1/s1. The van der Waals surface area contributed by atoms with Gasteiger partial charge in [0.1, 0.15) is 0 Å². The lowest BCUT2D eigenvalue weighted by Crippen LogP contribution is -2.76. The molecule has 31 heavy (non-hydrogen) atoms. The van der Waals surface area contributed by atoms with E-state index in [0.29, 0.717) is 31.4 Å². The van der Waals surface area contributed by atoms with Crippen molar-refractivity contribution in [2.45, 2.75) is 61.7 Å². The number of phosphoric ester groups is 1. The molecule has 5 aliphatic rings. The number of aliphatic hydroxyl groups is 1. The molecule has 168 valence electrons. The SMILES string of the molecule is COP(=O)(OC)Oc1ccc2c3c1O[C@H]1C(=O)CC[C@@]4(O)[C@@H](C2)N(CC2CC2)CC[C@]314. The molecule has 1 N–H and O–H groups in total. The lowest BCUT2D eigenvalue weighted by molar-refractivity contribution is -0.188. The van der Waals surface area contributed by atoms with Crippen molar-refractivity contribution < 1.29 is 32.8 Å². The molecule has 4 atom stereocenters. The van der Waals surface area contributed by atoms with Crippen molar-refractivity contribution in [2.75, 3.05) is 27.3 Å². The van der Waals surface area contributed by atoms with E-state index >= 15 is 0 Å². The summed E-state index contributed by atoms with van der Waals surface area (Å²) in [5.74, 6) is 1.36. The Morgan fingerprint density at radius 3 is 2.74 bits per heavy atom. The molecule has 2 aliphatic heterocycles. The second-order valence-corrected chi connectivity index (χ2v) is 11.4. The van der Waals surface area contributed by atoms with Crippen LogP contribution in [0.15, 0.2) is 12.1 Å². The molecule has 1 aromatic carbocycles. The number of phosphoric acid groups is 1. The number of rotatable bonds is 6. The molecule has 2 heterocycles. The Hall–Kier alpha value is -1.44. The van der Waals surface area contributed by atoms with Gasteiger partial charge in [-0.2, -0.15) is 0 Å². The first-order valence-electron chi connectivity index (χ1n) is 11.1. The van der Waals surface area contributed by atoms with Crippen molar-refractivity contribution in [3.63, 3.8) is 0 Å². The van der Waals surface area contributed by atoms with Crippen molar-refractivity contribution in [1.82, 2.24) is 4.90 Å². The highest BCUT2D eigenvalue weighted by Gasteiger charge is 2.73. The molecule has 6 rings (SSSR count). The molecule has 2 saturated carbocycles. The van der Waals surface area contributed by atoms with E-state index in [2.05, 4.69) is 4.90 Å². The number of piperidine rings is 1. The minimum absolute atomic E-state index is 0.00994. The fourth-order valence-electron chi connectivity index (χ4n) is 6.59. The summed E-state index contributed by atoms with van der Waals surface area (Å²) in [5, 5.41) is 12.2. The number of benzene rings is 1. The Morgan fingerprint density at radius 1 is 1.26 bits per heavy atom. The maximum absolute atomic E-state index is 13.0. The normalized spacial score (nSPS) is 36.2. The number of hydrogen-bond acceptors (Lipinski definition) is 8. The lowest BCUT2D eigenvalue weighted by Gasteiger charge is -2.62.